The van der Waals surface area contributed by atoms with E-state index in [0.29, 0.717) is 135 Å². The maximum atomic E-state index is 13.4. The monoisotopic (exact) mass is 1820 g/mol. The molecule has 0 saturated heterocycles. The molecule has 0 fully saturated rings. The van der Waals surface area contributed by atoms with E-state index in [1.54, 1.807) is 110 Å². The van der Waals surface area contributed by atoms with Crippen molar-refractivity contribution >= 4 is 137 Å². The molecule has 0 saturated carbocycles. The molecule has 0 aliphatic carbocycles. The minimum Gasteiger partial charge on any atom is -0.486 e. The fourth-order valence-corrected chi connectivity index (χ4v) is 14.0. The molecule has 0 atom stereocenters. The predicted molar refractivity (Wildman–Crippen MR) is 470 cm³/mol. The highest BCUT2D eigenvalue weighted by Gasteiger charge is 2.36. The van der Waals surface area contributed by atoms with Crippen LogP contribution in [0.2, 0.25) is 20.1 Å². The van der Waals surface area contributed by atoms with Gasteiger partial charge in [-0.05, 0) is 235 Å². The summed E-state index contributed by atoms with van der Waals surface area (Å²) in [6.07, 6.45) is -7.45. The fourth-order valence-electron chi connectivity index (χ4n) is 13.2. The number of aromatic nitrogens is 11. The van der Waals surface area contributed by atoms with Crippen molar-refractivity contribution in [2.45, 2.75) is 67.0 Å². The van der Waals surface area contributed by atoms with Gasteiger partial charge in [-0.25, -0.2) is 39.3 Å². The van der Waals surface area contributed by atoms with Gasteiger partial charge < -0.3 is 30.7 Å². The second kappa shape index (κ2) is 37.5. The third-order valence-corrected chi connectivity index (χ3v) is 21.3. The summed E-state index contributed by atoms with van der Waals surface area (Å²) < 4.78 is 140. The number of halogens is 14. The van der Waals surface area contributed by atoms with Crippen LogP contribution in [0.3, 0.4) is 0 Å². The number of nitrogens with one attached hydrogen (secondary N) is 4. The molecule has 1 aliphatic heterocycles. The molecule has 17 rings (SSSR count). The van der Waals surface area contributed by atoms with Crippen LogP contribution in [-0.2, 0) is 18.5 Å². The van der Waals surface area contributed by atoms with Gasteiger partial charge in [0.1, 0.15) is 36.1 Å². The second-order valence-corrected chi connectivity index (χ2v) is 30.5. The summed E-state index contributed by atoms with van der Waals surface area (Å²) in [5.41, 5.74) is 13.0. The number of rotatable bonds is 12. The first-order chi connectivity index (χ1) is 60.9. The number of hydrogen-bond acceptors (Lipinski definition) is 17. The largest absolute Gasteiger partial charge is 0.486 e. The summed E-state index contributed by atoms with van der Waals surface area (Å²) in [4.78, 5) is 97.4. The van der Waals surface area contributed by atoms with E-state index >= 15 is 0 Å². The minimum absolute atomic E-state index is 0.00187. The van der Waals surface area contributed by atoms with Gasteiger partial charge in [-0.1, -0.05) is 70.7 Å². The zero-order chi connectivity index (χ0) is 91.4. The average molecular weight is 1820 g/mol. The molecule has 0 bridgehead atoms. The SMILES string of the molecule is Cc1cc2ncc(-c3cc(NC(=O)c4ccc(C(F)(F)F)nc4C)ccc3Cl)nc2cc1C.Cc1ccc2ncc(-c3cc(NC(=O)c4ccc(C(F)(F)F)nc4C)ccc3Cl)nc2c1C.Cc1nc(C(F)(F)F)ccc1C(=O)Nc1ccc(Cl)c(-c2cnc3cc(F)ccc3n2)c1.O=C(Nc1ccc(Cl)c(-c2cnc3ccccc3n2)c1)c1cccc2c1OCCO2. The lowest BCUT2D eigenvalue weighted by Gasteiger charge is -2.20. The number of aryl methyl sites for hydroxylation is 7. The van der Waals surface area contributed by atoms with Crippen LogP contribution < -0.4 is 30.7 Å². The van der Waals surface area contributed by atoms with Crippen molar-refractivity contribution in [3.8, 4) is 56.5 Å². The number of carbonyl (C=O) groups is 4. The molecule has 21 nitrogen and oxygen atoms in total. The number of hydrogen-bond donors (Lipinski definition) is 4. The Hall–Kier alpha value is -14.3. The van der Waals surface area contributed by atoms with Gasteiger partial charge in [-0.2, -0.15) is 39.5 Å². The van der Waals surface area contributed by atoms with Crippen molar-refractivity contribution in [3.63, 3.8) is 0 Å². The van der Waals surface area contributed by atoms with Crippen LogP contribution in [0.4, 0.5) is 66.7 Å². The number of nitrogens with zero attached hydrogens (tertiary/aromatic N) is 11. The van der Waals surface area contributed by atoms with Gasteiger partial charge in [0.15, 0.2) is 11.5 Å². The summed E-state index contributed by atoms with van der Waals surface area (Å²) >= 11 is 25.5. The molecular formula is C93H65Cl4F10N15O6. The minimum atomic E-state index is -4.60. The molecule has 7 aromatic heterocycles. The predicted octanol–water partition coefficient (Wildman–Crippen LogP) is 24.1. The van der Waals surface area contributed by atoms with E-state index in [4.69, 9.17) is 60.9 Å². The third-order valence-electron chi connectivity index (χ3n) is 20.0. The molecule has 128 heavy (non-hydrogen) atoms. The topological polar surface area (TPSA) is 277 Å². The normalized spacial score (nSPS) is 11.8. The Bertz CT molecular complexity index is 7110. The van der Waals surface area contributed by atoms with Gasteiger partial charge >= 0.3 is 18.5 Å². The number of pyridine rings is 3. The Morgan fingerprint density at radius 1 is 0.328 bits per heavy atom. The highest BCUT2D eigenvalue weighted by Crippen LogP contribution is 2.40. The number of fused-ring (bicyclic) bond motifs is 5. The average Bonchev–Trinajstić information content (AvgIpc) is 0.789. The molecule has 4 amide bonds. The van der Waals surface area contributed by atoms with Crippen molar-refractivity contribution in [1.82, 2.24) is 54.8 Å². The van der Waals surface area contributed by atoms with Gasteiger partial charge in [-0.3, -0.25) is 39.1 Å². The van der Waals surface area contributed by atoms with Gasteiger partial charge in [0.25, 0.3) is 23.6 Å². The summed E-state index contributed by atoms with van der Waals surface area (Å²) in [5.74, 6) is -1.51. The van der Waals surface area contributed by atoms with Crippen molar-refractivity contribution < 1.29 is 72.6 Å². The molecule has 1 aliphatic rings. The van der Waals surface area contributed by atoms with E-state index in [-0.39, 0.29) is 39.7 Å². The first-order valence-electron chi connectivity index (χ1n) is 38.5. The van der Waals surface area contributed by atoms with Gasteiger partial charge in [0, 0.05) is 51.1 Å². The Balaban J connectivity index is 0.000000138. The summed E-state index contributed by atoms with van der Waals surface area (Å²) in [7, 11) is 0. The van der Waals surface area contributed by atoms with Crippen LogP contribution >= 0.6 is 46.4 Å². The highest BCUT2D eigenvalue weighted by molar-refractivity contribution is 6.35. The van der Waals surface area contributed by atoms with E-state index < -0.39 is 59.1 Å². The van der Waals surface area contributed by atoms with Crippen LogP contribution in [0, 0.1) is 54.3 Å². The van der Waals surface area contributed by atoms with Crippen molar-refractivity contribution in [1.29, 1.82) is 0 Å². The second-order valence-electron chi connectivity index (χ2n) is 28.8. The number of benzene rings is 9. The number of ether oxygens (including phenoxy) is 2. The summed E-state index contributed by atoms with van der Waals surface area (Å²) in [6, 6.07) is 49.9. The number of alkyl halides is 9. The lowest BCUT2D eigenvalue weighted by atomic mass is 10.1. The Kier molecular flexibility index (Phi) is 26.4. The van der Waals surface area contributed by atoms with Crippen LogP contribution in [0.5, 0.6) is 11.5 Å². The van der Waals surface area contributed by atoms with Gasteiger partial charge in [0.05, 0.1) is 151 Å². The first-order valence-corrected chi connectivity index (χ1v) is 40.0. The zero-order valence-corrected chi connectivity index (χ0v) is 70.9. The fraction of sp³-hybridized carbons (Fsp3) is 0.129. The van der Waals surface area contributed by atoms with Crippen molar-refractivity contribution in [2.75, 3.05) is 34.5 Å². The van der Waals surface area contributed by atoms with Gasteiger partial charge in [0.2, 0.25) is 0 Å². The number of amides is 4. The number of carbonyl (C=O) groups excluding carboxylic acids is 4. The lowest BCUT2D eigenvalue weighted by molar-refractivity contribution is -0.142. The molecule has 9 aromatic carbocycles. The molecule has 35 heteroatoms. The number of para-hydroxylation sites is 3. The summed E-state index contributed by atoms with van der Waals surface area (Å²) in [6.45, 7) is 12.8. The van der Waals surface area contributed by atoms with E-state index in [1.165, 1.54) is 45.2 Å². The maximum Gasteiger partial charge on any atom is 0.433 e. The van der Waals surface area contributed by atoms with Crippen LogP contribution in [0.25, 0.3) is 89.2 Å². The zero-order valence-electron chi connectivity index (χ0n) is 67.9. The Morgan fingerprint density at radius 2 is 0.688 bits per heavy atom. The van der Waals surface area contributed by atoms with Crippen LogP contribution in [-0.4, -0.2) is 91.7 Å². The standard InChI is InChI=1S/2C24H18ClF3N4O.C23H16ClN3O3.C22H13ClF4N4O/c1-12-4-8-19-22(13(12)2)32-20(11-29-19)17-10-15(5-7-18(17)25)31-23(33)16-6-9-21(24(26,27)28)30-14(16)3;1-12-8-19-20(9-13(12)2)32-21(11-29-19)17-10-15(4-6-18(17)25)31-23(33)16-5-7-22(24(26,27)28)30-14(16)3;24-17-9-8-14(12-16(17)20-13-25-18-5-1-2-6-19(18)27-20)26-23(28)15-4-3-7-21-22(15)30-11-10-29-21;1-11-14(4-7-20(29-11)22(25,26)27)21(32)30-13-3-5-16(23)15(9-13)19-10-28-18-8-12(24)2-6-17(18)31-19/h2*4-11H,1-3H3,(H,31,33);1-9,12-13H,10-11H2,(H,26,28);2-10H,1H3,(H,30,32). The molecule has 0 radical (unpaired) electrons. The van der Waals surface area contributed by atoms with Crippen molar-refractivity contribution in [3.05, 3.63) is 323 Å². The van der Waals surface area contributed by atoms with E-state index in [9.17, 15) is 63.1 Å². The van der Waals surface area contributed by atoms with E-state index in [2.05, 4.69) is 71.1 Å². The third kappa shape index (κ3) is 20.8. The van der Waals surface area contributed by atoms with Crippen LogP contribution in [0.1, 0.15) is 97.8 Å². The van der Waals surface area contributed by atoms with Crippen molar-refractivity contribution in [2.24, 2.45) is 0 Å². The Labute approximate surface area is 741 Å². The molecule has 0 spiro atoms. The highest BCUT2D eigenvalue weighted by atomic mass is 35.5. The van der Waals surface area contributed by atoms with E-state index in [0.717, 1.165) is 86.2 Å². The summed E-state index contributed by atoms with van der Waals surface area (Å²) in [5, 5.41) is 12.6. The van der Waals surface area contributed by atoms with Gasteiger partial charge in [-0.15, -0.1) is 0 Å². The molecule has 0 unspecified atom stereocenters. The molecular weight excluding hydrogens is 1750 g/mol. The quantitative estimate of drug-likeness (QED) is 0.0827. The van der Waals surface area contributed by atoms with E-state index in [1.807, 2.05) is 76.2 Å². The lowest BCUT2D eigenvalue weighted by Crippen LogP contribution is -2.20. The number of anilines is 4. The van der Waals surface area contributed by atoms with Crippen LogP contribution in [0.15, 0.2) is 219 Å². The molecule has 646 valence electrons. The molecule has 16 aromatic rings. The smallest absolute Gasteiger partial charge is 0.433 e. The Morgan fingerprint density at radius 3 is 1.12 bits per heavy atom. The molecule has 4 N–H and O–H groups in total. The molecule has 8 heterocycles. The maximum absolute atomic E-state index is 13.4. The first kappa shape index (κ1) is 90.0.